The second-order valence-electron chi connectivity index (χ2n) is 7.01. The highest BCUT2D eigenvalue weighted by Crippen LogP contribution is 2.25. The smallest absolute Gasteiger partial charge is 0.308 e. The lowest BCUT2D eigenvalue weighted by Gasteiger charge is -2.20. The lowest BCUT2D eigenvalue weighted by atomic mass is 10.0. The average molecular weight is 410 g/mol. The highest BCUT2D eigenvalue weighted by Gasteiger charge is 2.24. The number of nitrogens with zero attached hydrogens (tertiary/aromatic N) is 1. The molecule has 2 aromatic carbocycles. The second-order valence-corrected chi connectivity index (χ2v) is 7.01. The van der Waals surface area contributed by atoms with E-state index in [0.29, 0.717) is 30.0 Å². The van der Waals surface area contributed by atoms with Gasteiger partial charge in [-0.1, -0.05) is 18.2 Å². The third-order valence-corrected chi connectivity index (χ3v) is 4.97. The molecule has 1 heterocycles. The summed E-state index contributed by atoms with van der Waals surface area (Å²) in [6.07, 6.45) is 1.33. The molecular formula is C23H26N2O5. The monoisotopic (exact) mass is 410 g/mol. The number of nitrogens with one attached hydrogen (secondary N) is 1. The van der Waals surface area contributed by atoms with Gasteiger partial charge >= 0.3 is 5.97 Å². The minimum Gasteiger partial charge on any atom is -0.497 e. The van der Waals surface area contributed by atoms with Crippen LogP contribution >= 0.6 is 0 Å². The Morgan fingerprint density at radius 1 is 1.17 bits per heavy atom. The van der Waals surface area contributed by atoms with Crippen LogP contribution in [-0.4, -0.2) is 38.0 Å². The van der Waals surface area contributed by atoms with Crippen molar-refractivity contribution in [3.8, 4) is 5.75 Å². The molecule has 2 aromatic rings. The van der Waals surface area contributed by atoms with Crippen molar-refractivity contribution >= 4 is 23.5 Å². The van der Waals surface area contributed by atoms with Crippen LogP contribution in [0.2, 0.25) is 0 Å². The predicted molar refractivity (Wildman–Crippen MR) is 112 cm³/mol. The molecule has 7 heteroatoms. The Kier molecular flexibility index (Phi) is 7.06. The number of amides is 2. The fraction of sp³-hybridized carbons (Fsp3) is 0.348. The molecular weight excluding hydrogens is 384 g/mol. The van der Waals surface area contributed by atoms with Crippen molar-refractivity contribution < 1.29 is 23.9 Å². The summed E-state index contributed by atoms with van der Waals surface area (Å²) in [4.78, 5) is 38.8. The van der Waals surface area contributed by atoms with E-state index in [-0.39, 0.29) is 24.8 Å². The van der Waals surface area contributed by atoms with E-state index in [1.165, 1.54) is 0 Å². The minimum atomic E-state index is -0.580. The van der Waals surface area contributed by atoms with Crippen molar-refractivity contribution in [2.24, 2.45) is 0 Å². The zero-order chi connectivity index (χ0) is 21.5. The Labute approximate surface area is 176 Å². The largest absolute Gasteiger partial charge is 0.497 e. The molecule has 0 bridgehead atoms. The number of methoxy groups -OCH3 is 1. The van der Waals surface area contributed by atoms with Crippen LogP contribution in [0.5, 0.6) is 5.75 Å². The van der Waals surface area contributed by atoms with E-state index in [4.69, 9.17) is 9.47 Å². The molecule has 7 nitrogen and oxygen atoms in total. The van der Waals surface area contributed by atoms with Gasteiger partial charge < -0.3 is 19.7 Å². The van der Waals surface area contributed by atoms with Crippen LogP contribution in [-0.2, 0) is 14.3 Å². The predicted octanol–water partition coefficient (Wildman–Crippen LogP) is 3.25. The Balaban J connectivity index is 1.82. The van der Waals surface area contributed by atoms with Gasteiger partial charge in [-0.3, -0.25) is 14.4 Å². The van der Waals surface area contributed by atoms with E-state index >= 15 is 0 Å². The summed E-state index contributed by atoms with van der Waals surface area (Å²) in [6, 6.07) is 13.6. The zero-order valence-corrected chi connectivity index (χ0v) is 17.2. The number of hydrogen-bond acceptors (Lipinski definition) is 5. The van der Waals surface area contributed by atoms with Crippen LogP contribution < -0.4 is 15.0 Å². The van der Waals surface area contributed by atoms with Crippen LogP contribution in [0.15, 0.2) is 48.5 Å². The van der Waals surface area contributed by atoms with Crippen LogP contribution in [0.3, 0.4) is 0 Å². The van der Waals surface area contributed by atoms with E-state index in [0.717, 1.165) is 12.0 Å². The van der Waals surface area contributed by atoms with E-state index in [2.05, 4.69) is 5.32 Å². The molecule has 0 aliphatic carbocycles. The Hall–Kier alpha value is -3.35. The Morgan fingerprint density at radius 3 is 2.67 bits per heavy atom. The lowest BCUT2D eigenvalue weighted by Crippen LogP contribution is -2.31. The standard InChI is InChI=1S/C23H26N2O5/c1-3-30-22(27)15-20(16-7-5-10-19(14-16)29-2)24-23(28)17-8-4-9-18(13-17)25-12-6-11-21(25)26/h4-5,7-10,13-14,20H,3,6,11-12,15H2,1-2H3,(H,24,28). The first-order valence-electron chi connectivity index (χ1n) is 10.0. The molecule has 30 heavy (non-hydrogen) atoms. The molecule has 1 N–H and O–H groups in total. The SMILES string of the molecule is CCOC(=O)CC(NC(=O)c1cccc(N2CCCC2=O)c1)c1cccc(OC)c1. The van der Waals surface area contributed by atoms with Crippen molar-refractivity contribution in [1.82, 2.24) is 5.32 Å². The van der Waals surface area contributed by atoms with Crippen molar-refractivity contribution in [3.63, 3.8) is 0 Å². The number of anilines is 1. The Bertz CT molecular complexity index is 927. The highest BCUT2D eigenvalue weighted by atomic mass is 16.5. The molecule has 1 aliphatic rings. The molecule has 0 saturated carbocycles. The van der Waals surface area contributed by atoms with E-state index < -0.39 is 12.0 Å². The lowest BCUT2D eigenvalue weighted by molar-refractivity contribution is -0.143. The van der Waals surface area contributed by atoms with Gasteiger partial charge in [0.1, 0.15) is 5.75 Å². The van der Waals surface area contributed by atoms with Gasteiger partial charge in [0, 0.05) is 24.2 Å². The van der Waals surface area contributed by atoms with Gasteiger partial charge in [-0.2, -0.15) is 0 Å². The summed E-state index contributed by atoms with van der Waals surface area (Å²) in [7, 11) is 1.56. The first-order valence-corrected chi connectivity index (χ1v) is 10.0. The molecule has 0 aromatic heterocycles. The van der Waals surface area contributed by atoms with Gasteiger partial charge in [-0.25, -0.2) is 0 Å². The Morgan fingerprint density at radius 2 is 1.97 bits per heavy atom. The molecule has 1 unspecified atom stereocenters. The molecule has 2 amide bonds. The van der Waals surface area contributed by atoms with E-state index in [9.17, 15) is 14.4 Å². The molecule has 158 valence electrons. The number of hydrogen-bond donors (Lipinski definition) is 1. The summed E-state index contributed by atoms with van der Waals surface area (Å²) in [5, 5.41) is 2.92. The van der Waals surface area contributed by atoms with Crippen LogP contribution in [0.4, 0.5) is 5.69 Å². The van der Waals surface area contributed by atoms with Gasteiger partial charge in [0.25, 0.3) is 5.91 Å². The first kappa shape index (κ1) is 21.4. The maximum atomic E-state index is 13.0. The zero-order valence-electron chi connectivity index (χ0n) is 17.2. The van der Waals surface area contributed by atoms with Crippen molar-refractivity contribution in [3.05, 3.63) is 59.7 Å². The summed E-state index contributed by atoms with van der Waals surface area (Å²) >= 11 is 0. The third-order valence-electron chi connectivity index (χ3n) is 4.97. The molecule has 0 spiro atoms. The topological polar surface area (TPSA) is 84.9 Å². The summed E-state index contributed by atoms with van der Waals surface area (Å²) in [6.45, 7) is 2.66. The maximum absolute atomic E-state index is 13.0. The first-order chi connectivity index (χ1) is 14.5. The highest BCUT2D eigenvalue weighted by molar-refractivity contribution is 5.99. The number of esters is 1. The normalized spacial score (nSPS) is 14.3. The van der Waals surface area contributed by atoms with Crippen molar-refractivity contribution in [2.75, 3.05) is 25.2 Å². The number of carbonyl (C=O) groups excluding carboxylic acids is 3. The summed E-state index contributed by atoms with van der Waals surface area (Å²) in [5.41, 5.74) is 1.86. The van der Waals surface area contributed by atoms with Gasteiger partial charge in [-0.05, 0) is 49.2 Å². The minimum absolute atomic E-state index is 0.00293. The van der Waals surface area contributed by atoms with Gasteiger partial charge in [0.2, 0.25) is 5.91 Å². The summed E-state index contributed by atoms with van der Waals surface area (Å²) in [5.74, 6) is -0.0445. The second kappa shape index (κ2) is 9.91. The van der Waals surface area contributed by atoms with E-state index in [1.807, 2.05) is 12.1 Å². The number of carbonyl (C=O) groups is 3. The number of benzene rings is 2. The number of ether oxygens (including phenoxy) is 2. The molecule has 1 saturated heterocycles. The average Bonchev–Trinajstić information content (AvgIpc) is 3.19. The third kappa shape index (κ3) is 5.17. The summed E-state index contributed by atoms with van der Waals surface area (Å²) < 4.78 is 10.3. The van der Waals surface area contributed by atoms with Crippen molar-refractivity contribution in [2.45, 2.75) is 32.2 Å². The van der Waals surface area contributed by atoms with Crippen LogP contribution in [0, 0.1) is 0 Å². The van der Waals surface area contributed by atoms with E-state index in [1.54, 1.807) is 55.3 Å². The molecule has 1 atom stereocenters. The van der Waals surface area contributed by atoms with Crippen molar-refractivity contribution in [1.29, 1.82) is 0 Å². The van der Waals surface area contributed by atoms with Gasteiger partial charge in [0.15, 0.2) is 0 Å². The number of rotatable bonds is 8. The molecule has 1 aliphatic heterocycles. The fourth-order valence-corrected chi connectivity index (χ4v) is 3.47. The fourth-order valence-electron chi connectivity index (χ4n) is 3.47. The van der Waals surface area contributed by atoms with Crippen LogP contribution in [0.25, 0.3) is 0 Å². The molecule has 1 fully saturated rings. The quantitative estimate of drug-likeness (QED) is 0.676. The van der Waals surface area contributed by atoms with Crippen LogP contribution in [0.1, 0.15) is 48.1 Å². The maximum Gasteiger partial charge on any atom is 0.308 e. The van der Waals surface area contributed by atoms with Gasteiger partial charge in [-0.15, -0.1) is 0 Å². The molecule has 3 rings (SSSR count). The van der Waals surface area contributed by atoms with Gasteiger partial charge in [0.05, 0.1) is 26.2 Å². The molecule has 0 radical (unpaired) electrons.